The Morgan fingerprint density at radius 1 is 1.05 bits per heavy atom. The SMILES string of the molecule is CCc1nnc(NCC2(CO)CCCCC2)nc1CC. The summed E-state index contributed by atoms with van der Waals surface area (Å²) in [5.41, 5.74) is 2.00. The average molecular weight is 278 g/mol. The van der Waals surface area contributed by atoms with Crippen LogP contribution in [0.1, 0.15) is 57.3 Å². The number of aromatic nitrogens is 3. The molecule has 0 aliphatic heterocycles. The lowest BCUT2D eigenvalue weighted by Gasteiger charge is -2.35. The van der Waals surface area contributed by atoms with Gasteiger partial charge in [0.25, 0.3) is 0 Å². The monoisotopic (exact) mass is 278 g/mol. The van der Waals surface area contributed by atoms with Gasteiger partial charge in [-0.1, -0.05) is 33.1 Å². The summed E-state index contributed by atoms with van der Waals surface area (Å²) < 4.78 is 0. The van der Waals surface area contributed by atoms with Gasteiger partial charge < -0.3 is 10.4 Å². The van der Waals surface area contributed by atoms with E-state index < -0.39 is 0 Å². The van der Waals surface area contributed by atoms with Crippen LogP contribution >= 0.6 is 0 Å². The highest BCUT2D eigenvalue weighted by atomic mass is 16.3. The van der Waals surface area contributed by atoms with E-state index in [1.54, 1.807) is 0 Å². The van der Waals surface area contributed by atoms with Crippen LogP contribution in [0.4, 0.5) is 5.95 Å². The van der Waals surface area contributed by atoms with E-state index in [1.807, 2.05) is 0 Å². The minimum absolute atomic E-state index is 0.00256. The standard InChI is InChI=1S/C15H26N4O/c1-3-12-13(4-2)18-19-14(17-12)16-10-15(11-20)8-6-5-7-9-15/h20H,3-11H2,1-2H3,(H,16,17,19). The highest BCUT2D eigenvalue weighted by Crippen LogP contribution is 2.35. The second-order valence-electron chi connectivity index (χ2n) is 5.81. The Labute approximate surface area is 121 Å². The predicted octanol–water partition coefficient (Wildman–Crippen LogP) is 2.35. The molecular formula is C15H26N4O. The fourth-order valence-electron chi connectivity index (χ4n) is 2.97. The first-order chi connectivity index (χ1) is 9.73. The number of rotatable bonds is 6. The smallest absolute Gasteiger partial charge is 0.242 e. The Bertz CT molecular complexity index is 430. The molecule has 1 aliphatic carbocycles. The topological polar surface area (TPSA) is 70.9 Å². The maximum atomic E-state index is 9.71. The lowest BCUT2D eigenvalue weighted by molar-refractivity contribution is 0.0942. The van der Waals surface area contributed by atoms with E-state index in [0.29, 0.717) is 5.95 Å². The Hall–Kier alpha value is -1.23. The first-order valence-corrected chi connectivity index (χ1v) is 7.80. The molecular weight excluding hydrogens is 252 g/mol. The summed E-state index contributed by atoms with van der Waals surface area (Å²) >= 11 is 0. The highest BCUT2D eigenvalue weighted by Gasteiger charge is 2.31. The largest absolute Gasteiger partial charge is 0.396 e. The molecule has 0 bridgehead atoms. The van der Waals surface area contributed by atoms with Gasteiger partial charge in [0.2, 0.25) is 5.95 Å². The summed E-state index contributed by atoms with van der Waals surface area (Å²) in [6.07, 6.45) is 7.59. The van der Waals surface area contributed by atoms with E-state index in [-0.39, 0.29) is 12.0 Å². The number of nitrogens with one attached hydrogen (secondary N) is 1. The zero-order valence-corrected chi connectivity index (χ0v) is 12.7. The van der Waals surface area contributed by atoms with Crippen LogP contribution < -0.4 is 5.32 Å². The second-order valence-corrected chi connectivity index (χ2v) is 5.81. The lowest BCUT2D eigenvalue weighted by atomic mass is 9.74. The summed E-state index contributed by atoms with van der Waals surface area (Å²) in [6, 6.07) is 0. The predicted molar refractivity (Wildman–Crippen MR) is 79.7 cm³/mol. The quantitative estimate of drug-likeness (QED) is 0.836. The van der Waals surface area contributed by atoms with Crippen molar-refractivity contribution in [2.75, 3.05) is 18.5 Å². The minimum Gasteiger partial charge on any atom is -0.396 e. The normalized spacial score (nSPS) is 17.9. The van der Waals surface area contributed by atoms with Crippen LogP contribution in [0.25, 0.3) is 0 Å². The molecule has 0 atom stereocenters. The first-order valence-electron chi connectivity index (χ1n) is 7.80. The maximum absolute atomic E-state index is 9.71. The molecule has 1 aromatic rings. The Kier molecular flexibility index (Phi) is 5.29. The van der Waals surface area contributed by atoms with Crippen molar-refractivity contribution >= 4 is 5.95 Å². The molecule has 5 heteroatoms. The third-order valence-electron chi connectivity index (χ3n) is 4.38. The molecule has 0 amide bonds. The molecule has 0 unspecified atom stereocenters. The molecule has 5 nitrogen and oxygen atoms in total. The van der Waals surface area contributed by atoms with Crippen molar-refractivity contribution in [2.45, 2.75) is 58.8 Å². The number of anilines is 1. The van der Waals surface area contributed by atoms with Crippen LogP contribution in [-0.4, -0.2) is 33.4 Å². The van der Waals surface area contributed by atoms with E-state index in [9.17, 15) is 5.11 Å². The van der Waals surface area contributed by atoms with E-state index in [4.69, 9.17) is 0 Å². The van der Waals surface area contributed by atoms with Crippen LogP contribution in [0.3, 0.4) is 0 Å². The summed E-state index contributed by atoms with van der Waals surface area (Å²) in [5, 5.41) is 21.4. The number of aryl methyl sites for hydroxylation is 2. The zero-order chi connectivity index (χ0) is 14.4. The van der Waals surface area contributed by atoms with Crippen molar-refractivity contribution in [1.29, 1.82) is 0 Å². The third-order valence-corrected chi connectivity index (χ3v) is 4.38. The van der Waals surface area contributed by atoms with Crippen molar-refractivity contribution in [2.24, 2.45) is 5.41 Å². The molecule has 0 spiro atoms. The molecule has 1 heterocycles. The number of nitrogens with zero attached hydrogens (tertiary/aromatic N) is 3. The molecule has 2 rings (SSSR count). The second kappa shape index (κ2) is 6.97. The van der Waals surface area contributed by atoms with Gasteiger partial charge >= 0.3 is 0 Å². The van der Waals surface area contributed by atoms with Crippen LogP contribution in [0.2, 0.25) is 0 Å². The van der Waals surface area contributed by atoms with Crippen LogP contribution in [0.15, 0.2) is 0 Å². The van der Waals surface area contributed by atoms with Crippen molar-refractivity contribution in [3.05, 3.63) is 11.4 Å². The molecule has 0 radical (unpaired) electrons. The van der Waals surface area contributed by atoms with Gasteiger partial charge in [0.1, 0.15) is 0 Å². The van der Waals surface area contributed by atoms with Gasteiger partial charge in [-0.2, -0.15) is 5.10 Å². The van der Waals surface area contributed by atoms with E-state index in [2.05, 4.69) is 34.3 Å². The number of hydrogen-bond donors (Lipinski definition) is 2. The van der Waals surface area contributed by atoms with Crippen molar-refractivity contribution in [3.8, 4) is 0 Å². The first kappa shape index (κ1) is 15.2. The van der Waals surface area contributed by atoms with Gasteiger partial charge in [-0.05, 0) is 25.7 Å². The van der Waals surface area contributed by atoms with Crippen LogP contribution in [-0.2, 0) is 12.8 Å². The number of hydrogen-bond acceptors (Lipinski definition) is 5. The maximum Gasteiger partial charge on any atom is 0.242 e. The summed E-state index contributed by atoms with van der Waals surface area (Å²) in [7, 11) is 0. The van der Waals surface area contributed by atoms with E-state index in [1.165, 1.54) is 19.3 Å². The summed E-state index contributed by atoms with van der Waals surface area (Å²) in [5.74, 6) is 0.595. The summed E-state index contributed by atoms with van der Waals surface area (Å²) in [4.78, 5) is 4.55. The van der Waals surface area contributed by atoms with E-state index in [0.717, 1.165) is 43.6 Å². The van der Waals surface area contributed by atoms with Gasteiger partial charge in [0, 0.05) is 12.0 Å². The molecule has 1 aliphatic rings. The summed E-state index contributed by atoms with van der Waals surface area (Å²) in [6.45, 7) is 5.13. The van der Waals surface area contributed by atoms with Gasteiger partial charge in [-0.3, -0.25) is 0 Å². The Balaban J connectivity index is 2.02. The van der Waals surface area contributed by atoms with Crippen LogP contribution in [0.5, 0.6) is 0 Å². The van der Waals surface area contributed by atoms with Crippen molar-refractivity contribution in [3.63, 3.8) is 0 Å². The molecule has 112 valence electrons. The Morgan fingerprint density at radius 3 is 2.35 bits per heavy atom. The molecule has 2 N–H and O–H groups in total. The van der Waals surface area contributed by atoms with Gasteiger partial charge in [-0.25, -0.2) is 4.98 Å². The van der Waals surface area contributed by atoms with Gasteiger partial charge in [0.15, 0.2) is 0 Å². The van der Waals surface area contributed by atoms with Gasteiger partial charge in [-0.15, -0.1) is 5.10 Å². The van der Waals surface area contributed by atoms with E-state index >= 15 is 0 Å². The van der Waals surface area contributed by atoms with Gasteiger partial charge in [0.05, 0.1) is 18.0 Å². The zero-order valence-electron chi connectivity index (χ0n) is 12.7. The molecule has 1 saturated carbocycles. The molecule has 1 aromatic heterocycles. The Morgan fingerprint density at radius 2 is 1.75 bits per heavy atom. The fraction of sp³-hybridized carbons (Fsp3) is 0.800. The van der Waals surface area contributed by atoms with Crippen LogP contribution in [0, 0.1) is 5.41 Å². The molecule has 20 heavy (non-hydrogen) atoms. The number of aliphatic hydroxyl groups is 1. The third kappa shape index (κ3) is 3.45. The highest BCUT2D eigenvalue weighted by molar-refractivity contribution is 5.26. The van der Waals surface area contributed by atoms with Crippen molar-refractivity contribution < 1.29 is 5.11 Å². The van der Waals surface area contributed by atoms with Crippen molar-refractivity contribution in [1.82, 2.24) is 15.2 Å². The molecule has 0 saturated heterocycles. The molecule has 0 aromatic carbocycles. The number of aliphatic hydroxyl groups excluding tert-OH is 1. The minimum atomic E-state index is -0.00256. The molecule has 1 fully saturated rings. The fourth-order valence-corrected chi connectivity index (χ4v) is 2.97. The average Bonchev–Trinajstić information content (AvgIpc) is 2.53. The lowest BCUT2D eigenvalue weighted by Crippen LogP contribution is -2.36.